The number of benzene rings is 1. The molecule has 1 aromatic carbocycles. The van der Waals surface area contributed by atoms with E-state index in [-0.39, 0.29) is 11.9 Å². The number of nitrogens with zero attached hydrogens (tertiary/aromatic N) is 2. The number of hydrogen-bond donors (Lipinski definition) is 1. The Labute approximate surface area is 125 Å². The summed E-state index contributed by atoms with van der Waals surface area (Å²) in [5.74, 6) is 1.60. The van der Waals surface area contributed by atoms with E-state index in [1.807, 2.05) is 6.07 Å². The topological polar surface area (TPSA) is 29.9 Å². The monoisotopic (exact) mass is 289 g/mol. The summed E-state index contributed by atoms with van der Waals surface area (Å²) in [5, 5.41) is 3.59. The van der Waals surface area contributed by atoms with Gasteiger partial charge in [-0.2, -0.15) is 0 Å². The molecule has 1 aromatic heterocycles. The second kappa shape index (κ2) is 5.76. The first-order chi connectivity index (χ1) is 10.1. The summed E-state index contributed by atoms with van der Waals surface area (Å²) in [6.45, 7) is 7.62. The molecule has 0 saturated carbocycles. The Bertz CT molecular complexity index is 632. The van der Waals surface area contributed by atoms with Gasteiger partial charge in [0.25, 0.3) is 0 Å². The van der Waals surface area contributed by atoms with Crippen LogP contribution in [0.3, 0.4) is 0 Å². The fraction of sp³-hybridized carbons (Fsp3) is 0.588. The van der Waals surface area contributed by atoms with Crippen LogP contribution in [0, 0.1) is 11.7 Å². The van der Waals surface area contributed by atoms with Gasteiger partial charge in [0.05, 0.1) is 17.1 Å². The van der Waals surface area contributed by atoms with E-state index in [9.17, 15) is 4.39 Å². The van der Waals surface area contributed by atoms with Crippen molar-refractivity contribution >= 4 is 11.0 Å². The average molecular weight is 289 g/mol. The SMILES string of the molecule is CCC1CCNC(c2nc3cc(F)ccc3n2C(C)C)C1. The summed E-state index contributed by atoms with van der Waals surface area (Å²) in [7, 11) is 0. The number of imidazole rings is 1. The predicted octanol–water partition coefficient (Wildman–Crippen LogP) is 4.21. The molecule has 3 nitrogen and oxygen atoms in total. The van der Waals surface area contributed by atoms with Gasteiger partial charge in [-0.1, -0.05) is 13.3 Å². The van der Waals surface area contributed by atoms with E-state index in [0.29, 0.717) is 6.04 Å². The first kappa shape index (κ1) is 14.5. The van der Waals surface area contributed by atoms with Crippen molar-refractivity contribution in [3.8, 4) is 0 Å². The number of nitrogens with one attached hydrogen (secondary N) is 1. The number of halogens is 1. The maximum Gasteiger partial charge on any atom is 0.127 e. The smallest absolute Gasteiger partial charge is 0.127 e. The molecule has 0 bridgehead atoms. The van der Waals surface area contributed by atoms with Gasteiger partial charge in [-0.25, -0.2) is 9.37 Å². The highest BCUT2D eigenvalue weighted by molar-refractivity contribution is 5.76. The Kier molecular flexibility index (Phi) is 3.98. The molecule has 114 valence electrons. The fourth-order valence-corrected chi connectivity index (χ4v) is 3.44. The molecule has 2 unspecified atom stereocenters. The van der Waals surface area contributed by atoms with Crippen LogP contribution in [-0.2, 0) is 0 Å². The van der Waals surface area contributed by atoms with Gasteiger partial charge in [0.2, 0.25) is 0 Å². The Morgan fingerprint density at radius 3 is 2.95 bits per heavy atom. The Morgan fingerprint density at radius 1 is 1.43 bits per heavy atom. The van der Waals surface area contributed by atoms with Gasteiger partial charge < -0.3 is 9.88 Å². The largest absolute Gasteiger partial charge is 0.324 e. The number of fused-ring (bicyclic) bond motifs is 1. The molecule has 0 amide bonds. The van der Waals surface area contributed by atoms with E-state index >= 15 is 0 Å². The first-order valence-electron chi connectivity index (χ1n) is 8.01. The normalized spacial score (nSPS) is 23.1. The number of aromatic nitrogens is 2. The average Bonchev–Trinajstić information content (AvgIpc) is 2.85. The van der Waals surface area contributed by atoms with Gasteiger partial charge in [0.15, 0.2) is 0 Å². The van der Waals surface area contributed by atoms with Gasteiger partial charge in [-0.3, -0.25) is 0 Å². The molecule has 1 aliphatic heterocycles. The number of piperidine rings is 1. The van der Waals surface area contributed by atoms with Crippen LogP contribution >= 0.6 is 0 Å². The maximum atomic E-state index is 13.5. The molecule has 0 spiro atoms. The first-order valence-corrected chi connectivity index (χ1v) is 8.01. The molecular weight excluding hydrogens is 265 g/mol. The van der Waals surface area contributed by atoms with E-state index < -0.39 is 0 Å². The highest BCUT2D eigenvalue weighted by Gasteiger charge is 2.27. The minimum atomic E-state index is -0.217. The van der Waals surface area contributed by atoms with E-state index in [4.69, 9.17) is 4.98 Å². The van der Waals surface area contributed by atoms with Crippen LogP contribution in [0.25, 0.3) is 11.0 Å². The predicted molar refractivity (Wildman–Crippen MR) is 83.8 cm³/mol. The number of hydrogen-bond acceptors (Lipinski definition) is 2. The molecular formula is C17H24FN3. The van der Waals surface area contributed by atoms with E-state index in [1.54, 1.807) is 0 Å². The van der Waals surface area contributed by atoms with Gasteiger partial charge >= 0.3 is 0 Å². The Hall–Kier alpha value is -1.42. The van der Waals surface area contributed by atoms with Gasteiger partial charge in [-0.15, -0.1) is 0 Å². The lowest BCUT2D eigenvalue weighted by Crippen LogP contribution is -2.33. The molecule has 2 atom stereocenters. The molecule has 0 radical (unpaired) electrons. The summed E-state index contributed by atoms with van der Waals surface area (Å²) in [6, 6.07) is 5.51. The molecule has 4 heteroatoms. The lowest BCUT2D eigenvalue weighted by Gasteiger charge is -2.30. The van der Waals surface area contributed by atoms with Crippen LogP contribution in [0.4, 0.5) is 4.39 Å². The molecule has 0 aliphatic carbocycles. The Morgan fingerprint density at radius 2 is 2.24 bits per heavy atom. The van der Waals surface area contributed by atoms with Crippen molar-refractivity contribution in [1.82, 2.24) is 14.9 Å². The van der Waals surface area contributed by atoms with Gasteiger partial charge in [0.1, 0.15) is 11.6 Å². The fourth-order valence-electron chi connectivity index (χ4n) is 3.44. The summed E-state index contributed by atoms with van der Waals surface area (Å²) in [5.41, 5.74) is 1.79. The summed E-state index contributed by atoms with van der Waals surface area (Å²) in [4.78, 5) is 4.75. The van der Waals surface area contributed by atoms with Gasteiger partial charge in [0, 0.05) is 12.1 Å². The van der Waals surface area contributed by atoms with Crippen LogP contribution in [0.1, 0.15) is 57.9 Å². The lowest BCUT2D eigenvalue weighted by molar-refractivity contribution is 0.284. The van der Waals surface area contributed by atoms with E-state index in [1.165, 1.54) is 25.0 Å². The zero-order chi connectivity index (χ0) is 15.0. The van der Waals surface area contributed by atoms with Crippen LogP contribution < -0.4 is 5.32 Å². The van der Waals surface area contributed by atoms with Crippen LogP contribution in [0.15, 0.2) is 18.2 Å². The Balaban J connectivity index is 2.06. The third-order valence-electron chi connectivity index (χ3n) is 4.60. The summed E-state index contributed by atoms with van der Waals surface area (Å²) >= 11 is 0. The molecule has 3 rings (SSSR count). The third-order valence-corrected chi connectivity index (χ3v) is 4.60. The summed E-state index contributed by atoms with van der Waals surface area (Å²) in [6.07, 6.45) is 3.58. The zero-order valence-corrected chi connectivity index (χ0v) is 13.1. The van der Waals surface area contributed by atoms with Crippen molar-refractivity contribution in [2.75, 3.05) is 6.54 Å². The minimum absolute atomic E-state index is 0.217. The quantitative estimate of drug-likeness (QED) is 0.917. The molecule has 21 heavy (non-hydrogen) atoms. The molecule has 1 aliphatic rings. The molecule has 2 heterocycles. The van der Waals surface area contributed by atoms with Crippen molar-refractivity contribution in [3.63, 3.8) is 0 Å². The maximum absolute atomic E-state index is 13.5. The van der Waals surface area contributed by atoms with Crippen molar-refractivity contribution in [2.24, 2.45) is 5.92 Å². The van der Waals surface area contributed by atoms with Gasteiger partial charge in [-0.05, 0) is 51.3 Å². The van der Waals surface area contributed by atoms with Crippen LogP contribution in [0.5, 0.6) is 0 Å². The molecule has 1 fully saturated rings. The second-order valence-electron chi connectivity index (χ2n) is 6.37. The van der Waals surface area contributed by atoms with Crippen molar-refractivity contribution in [3.05, 3.63) is 29.8 Å². The molecule has 1 saturated heterocycles. The number of rotatable bonds is 3. The van der Waals surface area contributed by atoms with Crippen molar-refractivity contribution < 1.29 is 4.39 Å². The highest BCUT2D eigenvalue weighted by Crippen LogP contribution is 2.32. The summed E-state index contributed by atoms with van der Waals surface area (Å²) < 4.78 is 15.7. The van der Waals surface area contributed by atoms with Crippen molar-refractivity contribution in [1.29, 1.82) is 0 Å². The van der Waals surface area contributed by atoms with E-state index in [2.05, 4.69) is 30.7 Å². The van der Waals surface area contributed by atoms with E-state index in [0.717, 1.165) is 35.7 Å². The highest BCUT2D eigenvalue weighted by atomic mass is 19.1. The second-order valence-corrected chi connectivity index (χ2v) is 6.37. The minimum Gasteiger partial charge on any atom is -0.324 e. The van der Waals surface area contributed by atoms with Crippen LogP contribution in [-0.4, -0.2) is 16.1 Å². The zero-order valence-electron chi connectivity index (χ0n) is 13.1. The standard InChI is InChI=1S/C17H24FN3/c1-4-12-7-8-19-15(9-12)17-20-14-10-13(18)5-6-16(14)21(17)11(2)3/h5-6,10-12,15,19H,4,7-9H2,1-3H3. The molecule has 1 N–H and O–H groups in total. The lowest BCUT2D eigenvalue weighted by atomic mass is 9.90. The van der Waals surface area contributed by atoms with Crippen LogP contribution in [0.2, 0.25) is 0 Å². The van der Waals surface area contributed by atoms with Crippen molar-refractivity contribution in [2.45, 2.75) is 52.1 Å². The molecule has 2 aromatic rings. The third kappa shape index (κ3) is 2.69.